The number of furan rings is 1. The minimum absolute atomic E-state index is 0.165. The Bertz CT molecular complexity index is 811. The fourth-order valence-corrected chi connectivity index (χ4v) is 2.59. The van der Waals surface area contributed by atoms with Gasteiger partial charge in [-0.3, -0.25) is 4.79 Å². The molecule has 1 aliphatic rings. The second kappa shape index (κ2) is 5.74. The summed E-state index contributed by atoms with van der Waals surface area (Å²) in [6, 6.07) is 8.31. The summed E-state index contributed by atoms with van der Waals surface area (Å²) in [5.74, 6) is -1.69. The Labute approximate surface area is 131 Å². The highest BCUT2D eigenvalue weighted by Gasteiger charge is 2.40. The first kappa shape index (κ1) is 15.1. The molecule has 0 aliphatic carbocycles. The van der Waals surface area contributed by atoms with Crippen LogP contribution in [0.1, 0.15) is 23.4 Å². The Kier molecular flexibility index (Phi) is 3.76. The van der Waals surface area contributed by atoms with Gasteiger partial charge in [0.1, 0.15) is 11.0 Å². The van der Waals surface area contributed by atoms with Crippen molar-refractivity contribution in [1.29, 1.82) is 5.26 Å². The van der Waals surface area contributed by atoms with Gasteiger partial charge in [0.05, 0.1) is 6.07 Å². The van der Waals surface area contributed by atoms with Crippen LogP contribution in [-0.2, 0) is 9.53 Å². The van der Waals surface area contributed by atoms with Crippen molar-refractivity contribution in [2.45, 2.75) is 12.8 Å². The number of carboxylic acids is 1. The Hall–Kier alpha value is -2.85. The number of carbonyl (C=O) groups excluding carboxylic acids is 1. The average Bonchev–Trinajstić information content (AvgIpc) is 2.99. The molecule has 0 atom stereocenters. The lowest BCUT2D eigenvalue weighted by molar-refractivity contribution is -0.126. The van der Waals surface area contributed by atoms with Crippen molar-refractivity contribution in [3.8, 4) is 6.07 Å². The van der Waals surface area contributed by atoms with Crippen LogP contribution in [-0.4, -0.2) is 30.2 Å². The Morgan fingerprint density at radius 2 is 2.00 bits per heavy atom. The van der Waals surface area contributed by atoms with E-state index >= 15 is 0 Å². The van der Waals surface area contributed by atoms with Crippen molar-refractivity contribution < 1.29 is 23.8 Å². The molecule has 1 fully saturated rings. The van der Waals surface area contributed by atoms with Gasteiger partial charge in [-0.15, -0.1) is 0 Å². The summed E-state index contributed by atoms with van der Waals surface area (Å²) in [7, 11) is 0. The number of fused-ring (bicyclic) bond motifs is 1. The third-order valence-corrected chi connectivity index (χ3v) is 3.98. The number of amides is 1. The van der Waals surface area contributed by atoms with E-state index in [4.69, 9.17) is 14.3 Å². The number of hydrogen-bond donors (Lipinski definition) is 2. The molecule has 7 nitrogen and oxygen atoms in total. The highest BCUT2D eigenvalue weighted by atomic mass is 16.5. The Morgan fingerprint density at radius 1 is 1.26 bits per heavy atom. The van der Waals surface area contributed by atoms with E-state index in [1.54, 1.807) is 18.2 Å². The van der Waals surface area contributed by atoms with Crippen molar-refractivity contribution in [2.24, 2.45) is 5.41 Å². The first-order valence-corrected chi connectivity index (χ1v) is 7.11. The largest absolute Gasteiger partial charge is 0.475 e. The lowest BCUT2D eigenvalue weighted by Crippen LogP contribution is -2.39. The van der Waals surface area contributed by atoms with E-state index < -0.39 is 11.4 Å². The summed E-state index contributed by atoms with van der Waals surface area (Å²) in [6.07, 6.45) is 0.707. The number of carbonyl (C=O) groups is 2. The quantitative estimate of drug-likeness (QED) is 0.899. The topological polar surface area (TPSA) is 113 Å². The van der Waals surface area contributed by atoms with E-state index in [-0.39, 0.29) is 11.7 Å². The zero-order valence-electron chi connectivity index (χ0n) is 12.2. The molecule has 0 unspecified atom stereocenters. The molecule has 118 valence electrons. The molecule has 23 heavy (non-hydrogen) atoms. The lowest BCUT2D eigenvalue weighted by Gasteiger charge is -2.29. The lowest BCUT2D eigenvalue weighted by atomic mass is 9.81. The zero-order chi connectivity index (χ0) is 16.4. The van der Waals surface area contributed by atoms with Crippen molar-refractivity contribution in [2.75, 3.05) is 18.5 Å². The number of carboxylic acid groups (broad SMARTS) is 1. The highest BCUT2D eigenvalue weighted by molar-refractivity contribution is 5.99. The molecular weight excluding hydrogens is 300 g/mol. The number of nitriles is 1. The van der Waals surface area contributed by atoms with E-state index in [1.165, 1.54) is 6.07 Å². The Balaban J connectivity index is 1.84. The average molecular weight is 314 g/mol. The monoisotopic (exact) mass is 314 g/mol. The molecule has 3 rings (SSSR count). The van der Waals surface area contributed by atoms with Gasteiger partial charge in [0.2, 0.25) is 11.7 Å². The normalized spacial score (nSPS) is 16.7. The maximum absolute atomic E-state index is 12.5. The third-order valence-electron chi connectivity index (χ3n) is 3.98. The maximum atomic E-state index is 12.5. The number of anilines is 1. The third kappa shape index (κ3) is 2.76. The first-order chi connectivity index (χ1) is 11.0. The molecule has 2 heterocycles. The predicted octanol–water partition coefficient (Wildman–Crippen LogP) is 2.39. The predicted molar refractivity (Wildman–Crippen MR) is 79.9 cm³/mol. The van der Waals surface area contributed by atoms with Crippen LogP contribution in [0, 0.1) is 16.7 Å². The molecule has 1 aromatic carbocycles. The summed E-state index contributed by atoms with van der Waals surface area (Å²) in [5, 5.41) is 21.6. The van der Waals surface area contributed by atoms with Gasteiger partial charge in [-0.2, -0.15) is 5.26 Å². The van der Waals surface area contributed by atoms with Crippen LogP contribution in [0.25, 0.3) is 11.0 Å². The van der Waals surface area contributed by atoms with Crippen LogP contribution < -0.4 is 5.32 Å². The molecule has 1 aromatic heterocycles. The molecule has 1 amide bonds. The van der Waals surface area contributed by atoms with Gasteiger partial charge in [0.25, 0.3) is 0 Å². The zero-order valence-corrected chi connectivity index (χ0v) is 12.2. The number of ether oxygens (including phenoxy) is 1. The molecule has 0 radical (unpaired) electrons. The van der Waals surface area contributed by atoms with Crippen molar-refractivity contribution in [3.05, 3.63) is 30.0 Å². The van der Waals surface area contributed by atoms with E-state index in [0.717, 1.165) is 0 Å². The number of benzene rings is 1. The fourth-order valence-electron chi connectivity index (χ4n) is 2.59. The van der Waals surface area contributed by atoms with Crippen LogP contribution >= 0.6 is 0 Å². The molecule has 7 heteroatoms. The summed E-state index contributed by atoms with van der Waals surface area (Å²) in [6.45, 7) is 0.757. The number of hydrogen-bond acceptors (Lipinski definition) is 5. The molecule has 0 saturated carbocycles. The molecule has 0 bridgehead atoms. The van der Waals surface area contributed by atoms with Gasteiger partial charge in [-0.05, 0) is 37.1 Å². The minimum atomic E-state index is -1.16. The van der Waals surface area contributed by atoms with Crippen LogP contribution in [0.2, 0.25) is 0 Å². The number of aromatic carboxylic acids is 1. The fraction of sp³-hybridized carbons (Fsp3) is 0.312. The Morgan fingerprint density at radius 3 is 2.65 bits per heavy atom. The van der Waals surface area contributed by atoms with Crippen LogP contribution in [0.5, 0.6) is 0 Å². The van der Waals surface area contributed by atoms with E-state index in [9.17, 15) is 14.9 Å². The smallest absolute Gasteiger partial charge is 0.371 e. The van der Waals surface area contributed by atoms with E-state index in [0.29, 0.717) is 42.7 Å². The van der Waals surface area contributed by atoms with Crippen LogP contribution in [0.4, 0.5) is 5.69 Å². The van der Waals surface area contributed by atoms with Gasteiger partial charge < -0.3 is 19.6 Å². The number of nitrogens with zero attached hydrogens (tertiary/aromatic N) is 1. The maximum Gasteiger partial charge on any atom is 0.371 e. The van der Waals surface area contributed by atoms with Gasteiger partial charge >= 0.3 is 5.97 Å². The highest BCUT2D eigenvalue weighted by Crippen LogP contribution is 2.32. The molecule has 2 aromatic rings. The van der Waals surface area contributed by atoms with Gasteiger partial charge in [-0.25, -0.2) is 4.79 Å². The molecule has 2 N–H and O–H groups in total. The van der Waals surface area contributed by atoms with Crippen molar-refractivity contribution in [3.63, 3.8) is 0 Å². The molecule has 0 spiro atoms. The summed E-state index contributed by atoms with van der Waals surface area (Å²) >= 11 is 0. The van der Waals surface area contributed by atoms with E-state index in [2.05, 4.69) is 11.4 Å². The van der Waals surface area contributed by atoms with Crippen molar-refractivity contribution >= 4 is 28.5 Å². The van der Waals surface area contributed by atoms with Gasteiger partial charge in [-0.1, -0.05) is 0 Å². The summed E-state index contributed by atoms with van der Waals surface area (Å²) < 4.78 is 10.4. The second-order valence-electron chi connectivity index (χ2n) is 5.43. The molecular formula is C16H14N2O5. The molecule has 1 aliphatic heterocycles. The standard InChI is InChI=1S/C16H14N2O5/c17-9-16(3-5-22-6-4-16)15(21)18-11-1-2-12-10(7-11)8-13(23-12)14(19)20/h1-2,7-8H,3-6H2,(H,18,21)(H,19,20). The molecule has 1 saturated heterocycles. The first-order valence-electron chi connectivity index (χ1n) is 7.11. The van der Waals surface area contributed by atoms with Gasteiger partial charge in [0, 0.05) is 24.3 Å². The van der Waals surface area contributed by atoms with Crippen LogP contribution in [0.3, 0.4) is 0 Å². The van der Waals surface area contributed by atoms with Gasteiger partial charge in [0.15, 0.2) is 0 Å². The van der Waals surface area contributed by atoms with Crippen LogP contribution in [0.15, 0.2) is 28.7 Å². The minimum Gasteiger partial charge on any atom is -0.475 e. The van der Waals surface area contributed by atoms with Crippen molar-refractivity contribution in [1.82, 2.24) is 0 Å². The SMILES string of the molecule is N#CC1(C(=O)Nc2ccc3oc(C(=O)O)cc3c2)CCOCC1. The summed E-state index contributed by atoms with van der Waals surface area (Å²) in [5.41, 5.74) is -0.182. The number of nitrogens with one attached hydrogen (secondary N) is 1. The second-order valence-corrected chi connectivity index (χ2v) is 5.43. The number of rotatable bonds is 3. The summed E-state index contributed by atoms with van der Waals surface area (Å²) in [4.78, 5) is 23.4. The van der Waals surface area contributed by atoms with E-state index in [1.807, 2.05) is 0 Å².